The molecule has 2 heterocycles. The van der Waals surface area contributed by atoms with Gasteiger partial charge >= 0.3 is 0 Å². The second kappa shape index (κ2) is 7.33. The van der Waals surface area contributed by atoms with Crippen LogP contribution in [0.1, 0.15) is 44.4 Å². The van der Waals surface area contributed by atoms with Gasteiger partial charge in [0.1, 0.15) is 0 Å². The fraction of sp³-hybridized carbons (Fsp3) is 0.733. The Morgan fingerprint density at radius 1 is 1.52 bits per heavy atom. The summed E-state index contributed by atoms with van der Waals surface area (Å²) in [6, 6.07) is 0.0985. The van der Waals surface area contributed by atoms with E-state index in [-0.39, 0.29) is 24.2 Å². The lowest BCUT2D eigenvalue weighted by Gasteiger charge is -2.35. The van der Waals surface area contributed by atoms with E-state index in [1.165, 1.54) is 0 Å². The highest BCUT2D eigenvalue weighted by molar-refractivity contribution is 7.09. The topological polar surface area (TPSA) is 54.5 Å². The summed E-state index contributed by atoms with van der Waals surface area (Å²) < 4.78 is 5.65. The number of amides is 1. The van der Waals surface area contributed by atoms with Gasteiger partial charge in [-0.3, -0.25) is 4.79 Å². The Labute approximate surface area is 130 Å². The third-order valence-corrected chi connectivity index (χ3v) is 4.66. The molecule has 1 aliphatic rings. The summed E-state index contributed by atoms with van der Waals surface area (Å²) in [5, 5.41) is 6.48. The second-order valence-electron chi connectivity index (χ2n) is 5.68. The maximum Gasteiger partial charge on any atom is 0.236 e. The minimum atomic E-state index is 0.0985. The van der Waals surface area contributed by atoms with Crippen LogP contribution in [0.3, 0.4) is 0 Å². The van der Waals surface area contributed by atoms with Crippen LogP contribution in [0.25, 0.3) is 0 Å². The summed E-state index contributed by atoms with van der Waals surface area (Å²) in [6.07, 6.45) is 1.18. The van der Waals surface area contributed by atoms with Gasteiger partial charge in [0.25, 0.3) is 0 Å². The summed E-state index contributed by atoms with van der Waals surface area (Å²) in [6.45, 7) is 9.86. The number of morpholine rings is 1. The number of carbonyl (C=O) groups excluding carboxylic acids is 1. The lowest BCUT2D eigenvalue weighted by atomic mass is 10.2. The smallest absolute Gasteiger partial charge is 0.236 e. The van der Waals surface area contributed by atoms with Crippen LogP contribution in [0.15, 0.2) is 5.38 Å². The van der Waals surface area contributed by atoms with E-state index in [2.05, 4.69) is 22.6 Å². The van der Waals surface area contributed by atoms with Gasteiger partial charge in [0.05, 0.1) is 29.5 Å². The van der Waals surface area contributed by atoms with Crippen LogP contribution >= 0.6 is 11.3 Å². The van der Waals surface area contributed by atoms with Crippen LogP contribution in [-0.2, 0) is 16.0 Å². The molecule has 3 atom stereocenters. The number of ether oxygens (including phenoxy) is 1. The molecule has 0 bridgehead atoms. The monoisotopic (exact) mass is 311 g/mol. The van der Waals surface area contributed by atoms with E-state index in [1.54, 1.807) is 11.3 Å². The molecular weight excluding hydrogens is 286 g/mol. The van der Waals surface area contributed by atoms with Gasteiger partial charge in [-0.2, -0.15) is 0 Å². The number of carbonyl (C=O) groups is 1. The van der Waals surface area contributed by atoms with Crippen molar-refractivity contribution < 1.29 is 9.53 Å². The molecule has 1 amide bonds. The molecular formula is C15H25N3O2S. The maximum atomic E-state index is 12.3. The van der Waals surface area contributed by atoms with Crippen molar-refractivity contribution in [2.75, 3.05) is 19.6 Å². The zero-order chi connectivity index (χ0) is 15.4. The van der Waals surface area contributed by atoms with Gasteiger partial charge in [-0.05, 0) is 27.2 Å². The van der Waals surface area contributed by atoms with Gasteiger partial charge in [0.2, 0.25) is 5.91 Å². The maximum absolute atomic E-state index is 12.3. The number of nitrogens with zero attached hydrogens (tertiary/aromatic N) is 2. The Kier molecular flexibility index (Phi) is 5.72. The van der Waals surface area contributed by atoms with Crippen molar-refractivity contribution in [2.45, 2.75) is 52.4 Å². The molecule has 0 spiro atoms. The molecule has 0 saturated carbocycles. The van der Waals surface area contributed by atoms with Crippen LogP contribution in [-0.4, -0.2) is 47.6 Å². The fourth-order valence-electron chi connectivity index (χ4n) is 2.52. The molecule has 1 aliphatic heterocycles. The molecule has 0 aromatic carbocycles. The van der Waals surface area contributed by atoms with Crippen molar-refractivity contribution in [3.63, 3.8) is 0 Å². The second-order valence-corrected chi connectivity index (χ2v) is 6.62. The first kappa shape index (κ1) is 16.4. The van der Waals surface area contributed by atoms with E-state index in [4.69, 9.17) is 4.74 Å². The molecule has 118 valence electrons. The van der Waals surface area contributed by atoms with Gasteiger partial charge < -0.3 is 15.0 Å². The van der Waals surface area contributed by atoms with E-state index in [1.807, 2.05) is 25.7 Å². The molecule has 1 aromatic heterocycles. The van der Waals surface area contributed by atoms with Crippen molar-refractivity contribution in [1.29, 1.82) is 0 Å². The molecule has 1 aromatic rings. The molecule has 2 rings (SSSR count). The number of aromatic nitrogens is 1. The van der Waals surface area contributed by atoms with Gasteiger partial charge in [-0.1, -0.05) is 6.92 Å². The van der Waals surface area contributed by atoms with E-state index in [0.717, 1.165) is 17.1 Å². The number of hydrogen-bond acceptors (Lipinski definition) is 5. The van der Waals surface area contributed by atoms with E-state index in [0.29, 0.717) is 19.6 Å². The average Bonchev–Trinajstić information content (AvgIpc) is 2.92. The summed E-state index contributed by atoms with van der Waals surface area (Å²) in [4.78, 5) is 18.7. The van der Waals surface area contributed by atoms with Crippen molar-refractivity contribution >= 4 is 17.2 Å². The highest BCUT2D eigenvalue weighted by Gasteiger charge is 2.25. The number of rotatable bonds is 5. The lowest BCUT2D eigenvalue weighted by Crippen LogP contribution is -2.50. The summed E-state index contributed by atoms with van der Waals surface area (Å²) in [5.74, 6) is 0.134. The molecule has 1 fully saturated rings. The summed E-state index contributed by atoms with van der Waals surface area (Å²) in [7, 11) is 0. The number of nitrogens with one attached hydrogen (secondary N) is 1. The number of hydrogen-bond donors (Lipinski definition) is 1. The Hall–Kier alpha value is -0.980. The van der Waals surface area contributed by atoms with Crippen LogP contribution in [0.2, 0.25) is 0 Å². The molecule has 0 unspecified atom stereocenters. The molecule has 0 aliphatic carbocycles. The SMILES string of the molecule is CCc1nc([C@H](C)NCC(=O)N2C[C@@H](C)O[C@H](C)C2)cs1. The van der Waals surface area contributed by atoms with Crippen LogP contribution < -0.4 is 5.32 Å². The first-order valence-corrected chi connectivity index (χ1v) is 8.48. The van der Waals surface area contributed by atoms with Gasteiger partial charge in [0, 0.05) is 24.5 Å². The van der Waals surface area contributed by atoms with Crippen LogP contribution in [0.4, 0.5) is 0 Å². The Bertz CT molecular complexity index is 467. The average molecular weight is 311 g/mol. The molecule has 6 heteroatoms. The Balaban J connectivity index is 1.83. The van der Waals surface area contributed by atoms with E-state index >= 15 is 0 Å². The Morgan fingerprint density at radius 3 is 2.76 bits per heavy atom. The first-order valence-electron chi connectivity index (χ1n) is 7.60. The van der Waals surface area contributed by atoms with Crippen molar-refractivity contribution in [1.82, 2.24) is 15.2 Å². The van der Waals surface area contributed by atoms with Gasteiger partial charge in [-0.25, -0.2) is 4.98 Å². The van der Waals surface area contributed by atoms with E-state index in [9.17, 15) is 4.79 Å². The van der Waals surface area contributed by atoms with Gasteiger partial charge in [0.15, 0.2) is 0 Å². The largest absolute Gasteiger partial charge is 0.372 e. The van der Waals surface area contributed by atoms with Crippen molar-refractivity contribution in [2.24, 2.45) is 0 Å². The summed E-state index contributed by atoms with van der Waals surface area (Å²) >= 11 is 1.68. The third kappa shape index (κ3) is 4.49. The zero-order valence-electron chi connectivity index (χ0n) is 13.3. The number of aryl methyl sites for hydroxylation is 1. The third-order valence-electron chi connectivity index (χ3n) is 3.65. The van der Waals surface area contributed by atoms with Crippen LogP contribution in [0.5, 0.6) is 0 Å². The first-order chi connectivity index (χ1) is 9.99. The van der Waals surface area contributed by atoms with Crippen molar-refractivity contribution in [3.8, 4) is 0 Å². The predicted molar refractivity (Wildman–Crippen MR) is 84.5 cm³/mol. The Morgan fingerprint density at radius 2 is 2.19 bits per heavy atom. The molecule has 0 radical (unpaired) electrons. The van der Waals surface area contributed by atoms with E-state index < -0.39 is 0 Å². The summed E-state index contributed by atoms with van der Waals surface area (Å²) in [5.41, 5.74) is 1.02. The molecule has 5 nitrogen and oxygen atoms in total. The standard InChI is InChI=1S/C15H25N3O2S/c1-5-14-17-13(9-21-14)12(4)16-6-15(19)18-7-10(2)20-11(3)8-18/h9-12,16H,5-8H2,1-4H3/t10-,11-,12+/m1/s1. The minimum Gasteiger partial charge on any atom is -0.372 e. The predicted octanol–water partition coefficient (Wildman–Crippen LogP) is 1.99. The lowest BCUT2D eigenvalue weighted by molar-refractivity contribution is -0.142. The highest BCUT2D eigenvalue weighted by Crippen LogP contribution is 2.17. The number of thiazole rings is 1. The quantitative estimate of drug-likeness (QED) is 0.903. The zero-order valence-corrected chi connectivity index (χ0v) is 14.1. The minimum absolute atomic E-state index is 0.0985. The van der Waals surface area contributed by atoms with Gasteiger partial charge in [-0.15, -0.1) is 11.3 Å². The van der Waals surface area contributed by atoms with Crippen LogP contribution in [0, 0.1) is 0 Å². The fourth-order valence-corrected chi connectivity index (χ4v) is 3.36. The molecule has 1 saturated heterocycles. The normalized spacial score (nSPS) is 24.1. The van der Waals surface area contributed by atoms with Crippen molar-refractivity contribution in [3.05, 3.63) is 16.1 Å². The molecule has 21 heavy (non-hydrogen) atoms. The molecule has 1 N–H and O–H groups in total. The highest BCUT2D eigenvalue weighted by atomic mass is 32.1.